The SMILES string of the molecule is CC(C)(C)[C@@H]1Cn2nc(-c3cc(F)ccc3OCC(F)(F)F)c(Cl)c2-c2cc(=O)c(C(=O)O)cn21. The Balaban J connectivity index is 1.93. The molecule has 0 bridgehead atoms. The first kappa shape index (κ1) is 24.8. The summed E-state index contributed by atoms with van der Waals surface area (Å²) in [7, 11) is 0. The Bertz CT molecular complexity index is 1390. The van der Waals surface area contributed by atoms with Crippen molar-refractivity contribution in [3.05, 3.63) is 57.1 Å². The van der Waals surface area contributed by atoms with E-state index in [0.717, 1.165) is 24.3 Å². The van der Waals surface area contributed by atoms with Gasteiger partial charge in [0.15, 0.2) is 12.0 Å². The van der Waals surface area contributed by atoms with Gasteiger partial charge in [-0.3, -0.25) is 9.48 Å². The van der Waals surface area contributed by atoms with Crippen molar-refractivity contribution in [2.45, 2.75) is 39.5 Å². The molecule has 0 spiro atoms. The molecule has 3 heterocycles. The Morgan fingerprint density at radius 3 is 2.54 bits per heavy atom. The van der Waals surface area contributed by atoms with Gasteiger partial charge in [0.1, 0.15) is 28.5 Å². The summed E-state index contributed by atoms with van der Waals surface area (Å²) in [6.45, 7) is 4.38. The smallest absolute Gasteiger partial charge is 0.422 e. The predicted molar refractivity (Wildman–Crippen MR) is 119 cm³/mol. The molecular formula is C23H20ClF4N3O4. The van der Waals surface area contributed by atoms with Gasteiger partial charge in [0.05, 0.1) is 23.3 Å². The Labute approximate surface area is 201 Å². The molecule has 2 aromatic heterocycles. The normalized spacial score (nSPS) is 15.5. The maximum Gasteiger partial charge on any atom is 0.422 e. The number of aromatic nitrogens is 3. The fraction of sp³-hybridized carbons (Fsp3) is 0.348. The monoisotopic (exact) mass is 513 g/mol. The van der Waals surface area contributed by atoms with E-state index in [2.05, 4.69) is 5.10 Å². The second-order valence-electron chi connectivity index (χ2n) is 9.27. The van der Waals surface area contributed by atoms with Gasteiger partial charge in [0.25, 0.3) is 0 Å². The van der Waals surface area contributed by atoms with Crippen molar-refractivity contribution in [1.82, 2.24) is 14.3 Å². The Kier molecular flexibility index (Phi) is 5.95. The summed E-state index contributed by atoms with van der Waals surface area (Å²) in [6.07, 6.45) is -3.37. The molecule has 0 unspecified atom stereocenters. The number of rotatable bonds is 4. The second-order valence-corrected chi connectivity index (χ2v) is 9.65. The van der Waals surface area contributed by atoms with Crippen LogP contribution in [0.2, 0.25) is 5.02 Å². The van der Waals surface area contributed by atoms with Crippen molar-refractivity contribution in [2.75, 3.05) is 6.61 Å². The van der Waals surface area contributed by atoms with Crippen LogP contribution in [0.15, 0.2) is 35.3 Å². The molecule has 0 aliphatic carbocycles. The number of fused-ring (bicyclic) bond motifs is 3. The van der Waals surface area contributed by atoms with Gasteiger partial charge >= 0.3 is 12.1 Å². The van der Waals surface area contributed by atoms with E-state index >= 15 is 0 Å². The van der Waals surface area contributed by atoms with Crippen LogP contribution in [0.3, 0.4) is 0 Å². The van der Waals surface area contributed by atoms with Crippen LogP contribution in [0.25, 0.3) is 22.6 Å². The van der Waals surface area contributed by atoms with Crippen LogP contribution in [0, 0.1) is 11.2 Å². The van der Waals surface area contributed by atoms with Crippen molar-refractivity contribution >= 4 is 17.6 Å². The highest BCUT2D eigenvalue weighted by Crippen LogP contribution is 2.46. The third-order valence-corrected chi connectivity index (χ3v) is 6.07. The standard InChI is InChI=1S/C23H20ClF4N3O4/c1-22(2,3)17-9-31-20(14-7-15(32)13(21(33)34)8-30(14)17)18(24)19(29-31)12-6-11(25)4-5-16(12)35-10-23(26,27)28/h4-8,17H,9-10H2,1-3H3,(H,33,34)/t17-/m0/s1. The maximum absolute atomic E-state index is 14.1. The summed E-state index contributed by atoms with van der Waals surface area (Å²) in [5, 5.41) is 13.8. The number of benzene rings is 1. The predicted octanol–water partition coefficient (Wildman–Crippen LogP) is 5.41. The molecule has 35 heavy (non-hydrogen) atoms. The molecule has 186 valence electrons. The summed E-state index contributed by atoms with van der Waals surface area (Å²) in [5.41, 5.74) is -1.18. The number of ether oxygens (including phenoxy) is 1. The maximum atomic E-state index is 14.1. The molecule has 1 aromatic carbocycles. The lowest BCUT2D eigenvalue weighted by atomic mass is 9.85. The molecule has 4 rings (SSSR count). The zero-order valence-corrected chi connectivity index (χ0v) is 19.5. The van der Waals surface area contributed by atoms with Crippen LogP contribution in [0.4, 0.5) is 17.6 Å². The fourth-order valence-corrected chi connectivity index (χ4v) is 4.40. The number of carbonyl (C=O) groups is 1. The molecule has 3 aromatic rings. The molecule has 0 fully saturated rings. The average Bonchev–Trinajstić information content (AvgIpc) is 3.06. The molecule has 0 amide bonds. The van der Waals surface area contributed by atoms with Crippen LogP contribution in [0.5, 0.6) is 5.75 Å². The number of halogens is 5. The highest BCUT2D eigenvalue weighted by Gasteiger charge is 2.37. The molecule has 1 aliphatic heterocycles. The Morgan fingerprint density at radius 2 is 1.94 bits per heavy atom. The van der Waals surface area contributed by atoms with E-state index in [1.165, 1.54) is 10.9 Å². The van der Waals surface area contributed by atoms with E-state index in [4.69, 9.17) is 16.3 Å². The molecule has 1 N–H and O–H groups in total. The summed E-state index contributed by atoms with van der Waals surface area (Å²) in [6, 6.07) is 3.75. The van der Waals surface area contributed by atoms with E-state index in [0.29, 0.717) is 0 Å². The summed E-state index contributed by atoms with van der Waals surface area (Å²) in [5.74, 6) is -2.39. The quantitative estimate of drug-likeness (QED) is 0.471. The minimum Gasteiger partial charge on any atom is -0.483 e. The van der Waals surface area contributed by atoms with Gasteiger partial charge < -0.3 is 14.4 Å². The van der Waals surface area contributed by atoms with Crippen molar-refractivity contribution in [3.63, 3.8) is 0 Å². The van der Waals surface area contributed by atoms with Crippen molar-refractivity contribution < 1.29 is 32.2 Å². The third-order valence-electron chi connectivity index (χ3n) is 5.72. The third kappa shape index (κ3) is 4.64. The van der Waals surface area contributed by atoms with Crippen molar-refractivity contribution in [1.29, 1.82) is 0 Å². The number of aromatic carboxylic acids is 1. The number of hydrogen-bond donors (Lipinski definition) is 1. The topological polar surface area (TPSA) is 86.3 Å². The van der Waals surface area contributed by atoms with Crippen molar-refractivity contribution in [2.24, 2.45) is 5.41 Å². The molecule has 0 saturated heterocycles. The van der Waals surface area contributed by atoms with Crippen LogP contribution in [-0.2, 0) is 6.54 Å². The molecule has 1 atom stereocenters. The number of carboxylic acid groups (broad SMARTS) is 1. The highest BCUT2D eigenvalue weighted by atomic mass is 35.5. The number of hydrogen-bond acceptors (Lipinski definition) is 4. The number of nitrogens with zero attached hydrogens (tertiary/aromatic N) is 3. The molecule has 7 nitrogen and oxygen atoms in total. The number of alkyl halides is 3. The Morgan fingerprint density at radius 1 is 1.26 bits per heavy atom. The minimum absolute atomic E-state index is 0.0331. The van der Waals surface area contributed by atoms with Gasteiger partial charge in [-0.2, -0.15) is 18.3 Å². The molecular weight excluding hydrogens is 494 g/mol. The van der Waals surface area contributed by atoms with Gasteiger partial charge in [0, 0.05) is 17.8 Å². The van der Waals surface area contributed by atoms with Gasteiger partial charge in [0.2, 0.25) is 0 Å². The molecule has 0 radical (unpaired) electrons. The Hall–Kier alpha value is -3.34. The van der Waals surface area contributed by atoms with Gasteiger partial charge in [-0.1, -0.05) is 32.4 Å². The summed E-state index contributed by atoms with van der Waals surface area (Å²) < 4.78 is 60.4. The van der Waals surface area contributed by atoms with E-state index in [-0.39, 0.29) is 46.0 Å². The van der Waals surface area contributed by atoms with Crippen LogP contribution >= 0.6 is 11.6 Å². The number of carboxylic acids is 1. The van der Waals surface area contributed by atoms with Gasteiger partial charge in [-0.15, -0.1) is 0 Å². The van der Waals surface area contributed by atoms with Gasteiger partial charge in [-0.05, 0) is 23.6 Å². The highest BCUT2D eigenvalue weighted by molar-refractivity contribution is 6.35. The van der Waals surface area contributed by atoms with Crippen LogP contribution in [-0.4, -0.2) is 38.2 Å². The lowest BCUT2D eigenvalue weighted by Gasteiger charge is -2.38. The average molecular weight is 514 g/mol. The zero-order valence-electron chi connectivity index (χ0n) is 18.8. The number of pyridine rings is 1. The minimum atomic E-state index is -4.62. The van der Waals surface area contributed by atoms with Crippen LogP contribution in [0.1, 0.15) is 37.2 Å². The first-order valence-electron chi connectivity index (χ1n) is 10.4. The van der Waals surface area contributed by atoms with Crippen LogP contribution < -0.4 is 10.2 Å². The first-order valence-corrected chi connectivity index (χ1v) is 10.8. The van der Waals surface area contributed by atoms with E-state index < -0.39 is 41.0 Å². The second kappa shape index (κ2) is 8.40. The largest absolute Gasteiger partial charge is 0.483 e. The van der Waals surface area contributed by atoms with Gasteiger partial charge in [-0.25, -0.2) is 9.18 Å². The lowest BCUT2D eigenvalue weighted by molar-refractivity contribution is -0.153. The first-order chi connectivity index (χ1) is 16.2. The van der Waals surface area contributed by atoms with E-state index in [1.807, 2.05) is 20.8 Å². The summed E-state index contributed by atoms with van der Waals surface area (Å²) >= 11 is 6.62. The van der Waals surface area contributed by atoms with Crippen molar-refractivity contribution in [3.8, 4) is 28.4 Å². The van der Waals surface area contributed by atoms with E-state index in [9.17, 15) is 32.3 Å². The molecule has 1 aliphatic rings. The summed E-state index contributed by atoms with van der Waals surface area (Å²) in [4.78, 5) is 24.1. The lowest BCUT2D eigenvalue weighted by Crippen LogP contribution is -2.35. The molecule has 12 heteroatoms. The fourth-order valence-electron chi connectivity index (χ4n) is 4.06. The zero-order chi connectivity index (χ0) is 25.9. The van der Waals surface area contributed by atoms with E-state index in [1.54, 1.807) is 4.57 Å². The molecule has 0 saturated carbocycles.